The smallest absolute Gasteiger partial charge is 0.394 e. The van der Waals surface area contributed by atoms with Gasteiger partial charge in [-0.3, -0.25) is 0 Å². The number of aliphatic hydroxyl groups excluding tert-OH is 2. The molecule has 0 fully saturated rings. The van der Waals surface area contributed by atoms with Gasteiger partial charge in [-0.05, 0) is 30.2 Å². The molecule has 0 radical (unpaired) electrons. The second-order valence-corrected chi connectivity index (χ2v) is 7.28. The Morgan fingerprint density at radius 2 is 2.10 bits per heavy atom. The maximum absolute atomic E-state index is 13.1. The number of halogens is 4. The molecule has 7 nitrogen and oxygen atoms in total. The summed E-state index contributed by atoms with van der Waals surface area (Å²) in [6.45, 7) is -0.146. The van der Waals surface area contributed by atoms with E-state index in [1.54, 1.807) is 11.0 Å². The number of fused-ring (bicyclic) bond motifs is 3. The number of aromatic amines is 1. The first-order chi connectivity index (χ1) is 13.8. The lowest BCUT2D eigenvalue weighted by Crippen LogP contribution is -2.39. The fraction of sp³-hybridized carbons (Fsp3) is 0.389. The van der Waals surface area contributed by atoms with Crippen LogP contribution >= 0.6 is 11.6 Å². The van der Waals surface area contributed by atoms with Crippen LogP contribution in [-0.4, -0.2) is 49.4 Å². The van der Waals surface area contributed by atoms with Crippen LogP contribution in [0.15, 0.2) is 24.5 Å². The number of aliphatic hydroxyl groups is 2. The Bertz CT molecular complexity index is 1040. The molecule has 0 spiro atoms. The molecule has 0 amide bonds. The predicted molar refractivity (Wildman–Crippen MR) is 99.6 cm³/mol. The van der Waals surface area contributed by atoms with Gasteiger partial charge in [-0.25, -0.2) is 9.97 Å². The van der Waals surface area contributed by atoms with E-state index in [0.717, 1.165) is 28.5 Å². The Kier molecular flexibility index (Phi) is 5.09. The van der Waals surface area contributed by atoms with Crippen molar-refractivity contribution in [3.8, 4) is 0 Å². The number of nitrogens with zero attached hydrogens (tertiary/aromatic N) is 4. The molecule has 3 N–H and O–H groups in total. The lowest BCUT2D eigenvalue weighted by molar-refractivity contribution is -0.145. The third-order valence-corrected chi connectivity index (χ3v) is 5.22. The van der Waals surface area contributed by atoms with Crippen LogP contribution in [0.2, 0.25) is 5.02 Å². The number of hydrogen-bond acceptors (Lipinski definition) is 6. The van der Waals surface area contributed by atoms with E-state index in [0.29, 0.717) is 18.0 Å². The topological polar surface area (TPSA) is 98.2 Å². The molecule has 2 atom stereocenters. The van der Waals surface area contributed by atoms with Gasteiger partial charge in [0.25, 0.3) is 0 Å². The van der Waals surface area contributed by atoms with Crippen LogP contribution in [0.5, 0.6) is 0 Å². The third-order valence-electron chi connectivity index (χ3n) is 4.99. The van der Waals surface area contributed by atoms with Crippen molar-refractivity contribution in [1.82, 2.24) is 19.9 Å². The number of rotatable bonds is 4. The molecule has 3 aromatic rings. The van der Waals surface area contributed by atoms with Gasteiger partial charge in [0, 0.05) is 34.6 Å². The van der Waals surface area contributed by atoms with Crippen LogP contribution in [0.1, 0.15) is 29.5 Å². The highest BCUT2D eigenvalue weighted by molar-refractivity contribution is 6.31. The van der Waals surface area contributed by atoms with E-state index in [2.05, 4.69) is 19.9 Å². The van der Waals surface area contributed by atoms with E-state index in [9.17, 15) is 23.4 Å². The van der Waals surface area contributed by atoms with Gasteiger partial charge in [0.15, 0.2) is 0 Å². The van der Waals surface area contributed by atoms with Crippen molar-refractivity contribution in [2.45, 2.75) is 31.2 Å². The Morgan fingerprint density at radius 1 is 1.31 bits per heavy atom. The Morgan fingerprint density at radius 3 is 2.83 bits per heavy atom. The summed E-state index contributed by atoms with van der Waals surface area (Å²) in [4.78, 5) is 15.6. The normalized spacial score (nSPS) is 18.1. The molecule has 2 aromatic heterocycles. The molecular formula is C18H17ClF3N5O2. The SMILES string of the molecule is OC[C@H](O)C[C@@H]1c2[nH]c3ccc(Cl)cc3c2CCN1c1ncnc(C(F)(F)F)n1. The third kappa shape index (κ3) is 3.75. The maximum atomic E-state index is 13.1. The Balaban J connectivity index is 1.80. The summed E-state index contributed by atoms with van der Waals surface area (Å²) in [6.07, 6.45) is -4.33. The molecule has 154 valence electrons. The fourth-order valence-corrected chi connectivity index (χ4v) is 3.89. The van der Waals surface area contributed by atoms with Crippen molar-refractivity contribution < 1.29 is 23.4 Å². The van der Waals surface area contributed by atoms with Gasteiger partial charge < -0.3 is 20.1 Å². The van der Waals surface area contributed by atoms with Gasteiger partial charge in [0.1, 0.15) is 6.33 Å². The van der Waals surface area contributed by atoms with E-state index in [-0.39, 0.29) is 12.4 Å². The summed E-state index contributed by atoms with van der Waals surface area (Å²) in [7, 11) is 0. The van der Waals surface area contributed by atoms with Gasteiger partial charge in [0.05, 0.1) is 18.8 Å². The van der Waals surface area contributed by atoms with Gasteiger partial charge in [0.2, 0.25) is 11.8 Å². The molecule has 11 heteroatoms. The Hall–Kier alpha value is -2.43. The molecule has 4 rings (SSSR count). The van der Waals surface area contributed by atoms with Crippen LogP contribution in [0, 0.1) is 0 Å². The number of hydrogen-bond donors (Lipinski definition) is 3. The number of nitrogens with one attached hydrogen (secondary N) is 1. The number of benzene rings is 1. The lowest BCUT2D eigenvalue weighted by atomic mass is 9.94. The summed E-state index contributed by atoms with van der Waals surface area (Å²) < 4.78 is 39.2. The van der Waals surface area contributed by atoms with Gasteiger partial charge in [-0.2, -0.15) is 18.2 Å². The molecule has 0 aliphatic carbocycles. The zero-order chi connectivity index (χ0) is 20.8. The van der Waals surface area contributed by atoms with Crippen LogP contribution in [0.3, 0.4) is 0 Å². The zero-order valence-electron chi connectivity index (χ0n) is 15.0. The molecule has 1 aromatic carbocycles. The molecule has 0 bridgehead atoms. The summed E-state index contributed by atoms with van der Waals surface area (Å²) in [6, 6.07) is 4.83. The first-order valence-electron chi connectivity index (χ1n) is 8.89. The highest BCUT2D eigenvalue weighted by Crippen LogP contribution is 2.39. The quantitative estimate of drug-likeness (QED) is 0.592. The second-order valence-electron chi connectivity index (χ2n) is 6.85. The predicted octanol–water partition coefficient (Wildman–Crippen LogP) is 2.87. The number of aromatic nitrogens is 4. The van der Waals surface area contributed by atoms with Gasteiger partial charge in [-0.15, -0.1) is 0 Å². The first-order valence-corrected chi connectivity index (χ1v) is 9.27. The number of H-pyrrole nitrogens is 1. The number of alkyl halides is 3. The van der Waals surface area contributed by atoms with Crippen molar-refractivity contribution >= 4 is 28.5 Å². The molecule has 0 unspecified atom stereocenters. The van der Waals surface area contributed by atoms with Crippen molar-refractivity contribution in [1.29, 1.82) is 0 Å². The molecule has 1 aliphatic heterocycles. The van der Waals surface area contributed by atoms with E-state index in [1.165, 1.54) is 0 Å². The lowest BCUT2D eigenvalue weighted by Gasteiger charge is -2.36. The monoisotopic (exact) mass is 427 g/mol. The average Bonchev–Trinajstić information content (AvgIpc) is 3.06. The highest BCUT2D eigenvalue weighted by atomic mass is 35.5. The van der Waals surface area contributed by atoms with Gasteiger partial charge >= 0.3 is 6.18 Å². The summed E-state index contributed by atoms with van der Waals surface area (Å²) in [5.41, 5.74) is 2.53. The molecule has 1 aliphatic rings. The van der Waals surface area contributed by atoms with Crippen molar-refractivity contribution in [3.05, 3.63) is 46.6 Å². The average molecular weight is 428 g/mol. The molecule has 0 saturated heterocycles. The Labute approximate surface area is 168 Å². The first kappa shape index (κ1) is 19.9. The van der Waals surface area contributed by atoms with E-state index < -0.39 is 30.8 Å². The minimum Gasteiger partial charge on any atom is -0.394 e. The second kappa shape index (κ2) is 7.43. The van der Waals surface area contributed by atoms with Crippen molar-refractivity contribution in [3.63, 3.8) is 0 Å². The number of anilines is 1. The standard InChI is InChI=1S/C18H17ClF3N5O2/c19-9-1-2-13-12(5-9)11-3-4-27(14(15(11)25-13)6-10(29)7-28)17-24-8-23-16(26-17)18(20,21)22/h1-2,5,8,10,14,25,28-29H,3-4,6-7H2/t10-,14-/m1/s1. The van der Waals surface area contributed by atoms with E-state index in [4.69, 9.17) is 11.6 Å². The largest absolute Gasteiger partial charge is 0.451 e. The minimum atomic E-state index is -4.70. The van der Waals surface area contributed by atoms with E-state index >= 15 is 0 Å². The fourth-order valence-electron chi connectivity index (χ4n) is 3.72. The summed E-state index contributed by atoms with van der Waals surface area (Å²) >= 11 is 6.12. The minimum absolute atomic E-state index is 0.0804. The highest BCUT2D eigenvalue weighted by Gasteiger charge is 2.38. The van der Waals surface area contributed by atoms with Crippen molar-refractivity contribution in [2.75, 3.05) is 18.1 Å². The van der Waals surface area contributed by atoms with Crippen LogP contribution in [-0.2, 0) is 12.6 Å². The molecule has 3 heterocycles. The van der Waals surface area contributed by atoms with Crippen LogP contribution in [0.4, 0.5) is 19.1 Å². The zero-order valence-corrected chi connectivity index (χ0v) is 15.7. The summed E-state index contributed by atoms with van der Waals surface area (Å²) in [5.74, 6) is -1.41. The van der Waals surface area contributed by atoms with Crippen LogP contribution in [0.25, 0.3) is 10.9 Å². The van der Waals surface area contributed by atoms with Crippen molar-refractivity contribution in [2.24, 2.45) is 0 Å². The molecule has 0 saturated carbocycles. The van der Waals surface area contributed by atoms with E-state index in [1.807, 2.05) is 12.1 Å². The van der Waals surface area contributed by atoms with Gasteiger partial charge in [-0.1, -0.05) is 11.6 Å². The summed E-state index contributed by atoms with van der Waals surface area (Å²) in [5, 5.41) is 20.9. The van der Waals surface area contributed by atoms with Crippen LogP contribution < -0.4 is 4.90 Å². The molecular weight excluding hydrogens is 411 g/mol. The maximum Gasteiger partial charge on any atom is 0.451 e. The molecule has 29 heavy (non-hydrogen) atoms.